The summed E-state index contributed by atoms with van der Waals surface area (Å²) < 4.78 is 17.9. The largest absolute Gasteiger partial charge is 0.449 e. The van der Waals surface area contributed by atoms with Crippen LogP contribution in [0.5, 0.6) is 0 Å². The molecule has 0 aromatic heterocycles. The molecule has 0 aliphatic carbocycles. The minimum Gasteiger partial charge on any atom is -0.449 e. The fourth-order valence-corrected chi connectivity index (χ4v) is 2.05. The Balaban J connectivity index is 1.87. The summed E-state index contributed by atoms with van der Waals surface area (Å²) in [5.41, 5.74) is -0.469. The number of halogens is 1. The average molecular weight is 267 g/mol. The van der Waals surface area contributed by atoms with Gasteiger partial charge in [0.25, 0.3) is 0 Å². The molecule has 1 aromatic carbocycles. The zero-order valence-electron chi connectivity index (χ0n) is 10.9. The Morgan fingerprint density at radius 2 is 2.05 bits per heavy atom. The smallest absolute Gasteiger partial charge is 0.409 e. The van der Waals surface area contributed by atoms with E-state index in [4.69, 9.17) is 4.74 Å². The molecule has 0 radical (unpaired) electrons. The van der Waals surface area contributed by atoms with Gasteiger partial charge in [0.05, 0.1) is 19.7 Å². The molecule has 104 valence electrons. The van der Waals surface area contributed by atoms with Crippen LogP contribution >= 0.6 is 0 Å². The lowest BCUT2D eigenvalue weighted by Crippen LogP contribution is -2.61. The van der Waals surface area contributed by atoms with Crippen LogP contribution in [-0.4, -0.2) is 35.8 Å². The van der Waals surface area contributed by atoms with Crippen LogP contribution in [-0.2, 0) is 10.3 Å². The molecule has 4 nitrogen and oxygen atoms in total. The van der Waals surface area contributed by atoms with Crippen molar-refractivity contribution in [3.05, 3.63) is 35.6 Å². The first-order valence-corrected chi connectivity index (χ1v) is 6.45. The minimum absolute atomic E-state index is 0.184. The molecule has 0 saturated carbocycles. The van der Waals surface area contributed by atoms with Crippen LogP contribution in [0.2, 0.25) is 0 Å². The number of β-amino-alcohol motifs (C(OH)–C–C–N with tert-alkyl or cyclic N) is 1. The Morgan fingerprint density at radius 1 is 1.42 bits per heavy atom. The summed E-state index contributed by atoms with van der Waals surface area (Å²) in [7, 11) is 0. The lowest BCUT2D eigenvalue weighted by atomic mass is 9.86. The molecular weight excluding hydrogens is 249 g/mol. The average Bonchev–Trinajstić information content (AvgIpc) is 2.36. The molecule has 2 rings (SSSR count). The Labute approximate surface area is 111 Å². The maximum atomic E-state index is 12.8. The van der Waals surface area contributed by atoms with Crippen molar-refractivity contribution in [3.8, 4) is 0 Å². The van der Waals surface area contributed by atoms with E-state index in [-0.39, 0.29) is 18.9 Å². The molecule has 1 aliphatic rings. The molecule has 0 atom stereocenters. The molecule has 1 aliphatic heterocycles. The van der Waals surface area contributed by atoms with Crippen LogP contribution in [0.15, 0.2) is 24.3 Å². The fraction of sp³-hybridized carbons (Fsp3) is 0.500. The number of hydrogen-bond acceptors (Lipinski definition) is 3. The van der Waals surface area contributed by atoms with E-state index in [2.05, 4.69) is 0 Å². The summed E-state index contributed by atoms with van der Waals surface area (Å²) in [6.07, 6.45) is 1.40. The number of unbranched alkanes of at least 4 members (excludes halogenated alkanes) is 1. The van der Waals surface area contributed by atoms with Gasteiger partial charge in [0, 0.05) is 0 Å². The second-order valence-electron chi connectivity index (χ2n) is 4.86. The molecule has 0 bridgehead atoms. The van der Waals surface area contributed by atoms with E-state index in [0.717, 1.165) is 12.8 Å². The van der Waals surface area contributed by atoms with Gasteiger partial charge in [0.2, 0.25) is 0 Å². The number of benzene rings is 1. The van der Waals surface area contributed by atoms with Crippen LogP contribution in [0.4, 0.5) is 9.18 Å². The van der Waals surface area contributed by atoms with Gasteiger partial charge in [-0.15, -0.1) is 0 Å². The molecule has 1 aromatic rings. The summed E-state index contributed by atoms with van der Waals surface area (Å²) in [6.45, 7) is 2.79. The molecule has 0 unspecified atom stereocenters. The Kier molecular flexibility index (Phi) is 4.04. The first-order chi connectivity index (χ1) is 9.05. The van der Waals surface area contributed by atoms with E-state index in [9.17, 15) is 14.3 Å². The molecule has 1 N–H and O–H groups in total. The van der Waals surface area contributed by atoms with Crippen molar-refractivity contribution in [2.24, 2.45) is 0 Å². The summed E-state index contributed by atoms with van der Waals surface area (Å²) in [5, 5.41) is 10.3. The van der Waals surface area contributed by atoms with Crippen LogP contribution in [0.25, 0.3) is 0 Å². The van der Waals surface area contributed by atoms with Gasteiger partial charge in [0.15, 0.2) is 0 Å². The van der Waals surface area contributed by atoms with E-state index in [1.54, 1.807) is 0 Å². The zero-order valence-corrected chi connectivity index (χ0v) is 10.9. The van der Waals surface area contributed by atoms with Gasteiger partial charge in [0.1, 0.15) is 11.4 Å². The number of ether oxygens (including phenoxy) is 1. The van der Waals surface area contributed by atoms with Gasteiger partial charge < -0.3 is 14.7 Å². The van der Waals surface area contributed by atoms with Gasteiger partial charge >= 0.3 is 6.09 Å². The summed E-state index contributed by atoms with van der Waals surface area (Å²) >= 11 is 0. The highest BCUT2D eigenvalue weighted by Gasteiger charge is 2.45. The van der Waals surface area contributed by atoms with Crippen LogP contribution < -0.4 is 0 Å². The van der Waals surface area contributed by atoms with Gasteiger partial charge in [-0.1, -0.05) is 25.5 Å². The molecule has 1 saturated heterocycles. The van der Waals surface area contributed by atoms with Gasteiger partial charge in [-0.2, -0.15) is 0 Å². The van der Waals surface area contributed by atoms with Crippen molar-refractivity contribution in [2.75, 3.05) is 19.7 Å². The molecule has 1 fully saturated rings. The number of amides is 1. The molecular formula is C14H18FNO3. The Morgan fingerprint density at radius 3 is 2.63 bits per heavy atom. The number of carbonyl (C=O) groups excluding carboxylic acids is 1. The van der Waals surface area contributed by atoms with E-state index < -0.39 is 11.7 Å². The van der Waals surface area contributed by atoms with E-state index >= 15 is 0 Å². The number of nitrogens with zero attached hydrogens (tertiary/aromatic N) is 1. The van der Waals surface area contributed by atoms with Crippen molar-refractivity contribution in [1.29, 1.82) is 0 Å². The standard InChI is InChI=1S/C14H18FNO3/c1-2-3-8-19-13(17)16-9-14(18,10-16)11-4-6-12(15)7-5-11/h4-7,18H,2-3,8-10H2,1H3. The van der Waals surface area contributed by atoms with E-state index in [1.165, 1.54) is 29.2 Å². The Hall–Kier alpha value is -1.62. The third-order valence-electron chi connectivity index (χ3n) is 3.27. The highest BCUT2D eigenvalue weighted by molar-refractivity contribution is 5.69. The maximum absolute atomic E-state index is 12.8. The first-order valence-electron chi connectivity index (χ1n) is 6.45. The number of likely N-dealkylation sites (tertiary alicyclic amines) is 1. The fourth-order valence-electron chi connectivity index (χ4n) is 2.05. The number of aliphatic hydroxyl groups is 1. The second-order valence-corrected chi connectivity index (χ2v) is 4.86. The molecule has 1 heterocycles. The summed E-state index contributed by atoms with van der Waals surface area (Å²) in [5.74, 6) is -0.345. The number of carbonyl (C=O) groups is 1. The van der Waals surface area contributed by atoms with Crippen molar-refractivity contribution in [1.82, 2.24) is 4.90 Å². The van der Waals surface area contributed by atoms with Crippen molar-refractivity contribution in [2.45, 2.75) is 25.4 Å². The summed E-state index contributed by atoms with van der Waals surface area (Å²) in [4.78, 5) is 13.0. The quantitative estimate of drug-likeness (QED) is 0.851. The second kappa shape index (κ2) is 5.57. The monoisotopic (exact) mass is 267 g/mol. The van der Waals surface area contributed by atoms with Crippen molar-refractivity contribution >= 4 is 6.09 Å². The zero-order chi connectivity index (χ0) is 13.9. The summed E-state index contributed by atoms with van der Waals surface area (Å²) in [6, 6.07) is 5.68. The van der Waals surface area contributed by atoms with Gasteiger partial charge in [-0.25, -0.2) is 9.18 Å². The molecule has 1 amide bonds. The molecule has 5 heteroatoms. The van der Waals surface area contributed by atoms with Crippen LogP contribution in [0.3, 0.4) is 0 Å². The number of rotatable bonds is 4. The predicted molar refractivity (Wildman–Crippen MR) is 68.1 cm³/mol. The van der Waals surface area contributed by atoms with Crippen molar-refractivity contribution < 1.29 is 19.0 Å². The lowest BCUT2D eigenvalue weighted by Gasteiger charge is -2.45. The maximum Gasteiger partial charge on any atom is 0.409 e. The van der Waals surface area contributed by atoms with Crippen LogP contribution in [0, 0.1) is 5.82 Å². The topological polar surface area (TPSA) is 49.8 Å². The Bertz CT molecular complexity index is 441. The van der Waals surface area contributed by atoms with Crippen LogP contribution in [0.1, 0.15) is 25.3 Å². The lowest BCUT2D eigenvalue weighted by molar-refractivity contribution is -0.0941. The molecule has 19 heavy (non-hydrogen) atoms. The normalized spacial score (nSPS) is 16.9. The van der Waals surface area contributed by atoms with Gasteiger partial charge in [-0.3, -0.25) is 0 Å². The predicted octanol–water partition coefficient (Wildman–Crippen LogP) is 2.27. The number of hydrogen-bond donors (Lipinski definition) is 1. The third-order valence-corrected chi connectivity index (χ3v) is 3.27. The minimum atomic E-state index is -1.09. The SMILES string of the molecule is CCCCOC(=O)N1CC(O)(c2ccc(F)cc2)C1. The highest BCUT2D eigenvalue weighted by atomic mass is 19.1. The third kappa shape index (κ3) is 3.04. The highest BCUT2D eigenvalue weighted by Crippen LogP contribution is 2.32. The molecule has 0 spiro atoms. The van der Waals surface area contributed by atoms with E-state index in [1.807, 2.05) is 6.92 Å². The first kappa shape index (κ1) is 13.8. The van der Waals surface area contributed by atoms with Crippen molar-refractivity contribution in [3.63, 3.8) is 0 Å². The van der Waals surface area contributed by atoms with E-state index in [0.29, 0.717) is 12.2 Å². The van der Waals surface area contributed by atoms with Gasteiger partial charge in [-0.05, 0) is 24.1 Å².